The molecule has 0 saturated heterocycles. The van der Waals surface area contributed by atoms with Crippen molar-refractivity contribution in [1.82, 2.24) is 9.88 Å². The number of benzene rings is 2. The number of hydrogen-bond acceptors (Lipinski definition) is 2. The molecule has 3 nitrogen and oxygen atoms in total. The third-order valence-electron chi connectivity index (χ3n) is 4.49. The van der Waals surface area contributed by atoms with Gasteiger partial charge in [0.2, 0.25) is 0 Å². The molecule has 0 aliphatic carbocycles. The highest BCUT2D eigenvalue weighted by Gasteiger charge is 2.27. The molecule has 0 bridgehead atoms. The van der Waals surface area contributed by atoms with Gasteiger partial charge >= 0.3 is 0 Å². The number of aromatic nitrogens is 1. The van der Waals surface area contributed by atoms with Gasteiger partial charge in [-0.05, 0) is 53.9 Å². The molecule has 3 aromatic rings. The molecule has 0 saturated carbocycles. The second-order valence-corrected chi connectivity index (χ2v) is 7.24. The van der Waals surface area contributed by atoms with E-state index in [9.17, 15) is 9.18 Å². The number of carbonyl (C=O) groups excluding carboxylic acids is 1. The van der Waals surface area contributed by atoms with E-state index in [0.29, 0.717) is 23.0 Å². The number of carbonyl (C=O) groups is 1. The predicted octanol–water partition coefficient (Wildman–Crippen LogP) is 6.32. The summed E-state index contributed by atoms with van der Waals surface area (Å²) in [6.07, 6.45) is 4.01. The standard InChI is InChI=1S/C22H19Cl2FN2O/c1-2-21(19-9-8-17(23)12-20(19)24)27(14-15-5-4-10-26-13-15)22(28)16-6-3-7-18(25)11-16/h3-13,21H,2,14H2,1H3/t21-/m1/s1. The fourth-order valence-corrected chi connectivity index (χ4v) is 3.71. The molecule has 0 aliphatic rings. The van der Waals surface area contributed by atoms with E-state index in [4.69, 9.17) is 23.2 Å². The van der Waals surface area contributed by atoms with Gasteiger partial charge in [0.1, 0.15) is 5.82 Å². The van der Waals surface area contributed by atoms with E-state index >= 15 is 0 Å². The lowest BCUT2D eigenvalue weighted by atomic mass is 10.0. The van der Waals surface area contributed by atoms with Crippen LogP contribution in [0.3, 0.4) is 0 Å². The van der Waals surface area contributed by atoms with E-state index in [1.165, 1.54) is 18.2 Å². The molecular formula is C22H19Cl2FN2O. The largest absolute Gasteiger partial charge is 0.327 e. The fourth-order valence-electron chi connectivity index (χ4n) is 3.18. The van der Waals surface area contributed by atoms with Crippen LogP contribution in [0.1, 0.15) is 40.9 Å². The van der Waals surface area contributed by atoms with Crippen LogP contribution in [0.4, 0.5) is 4.39 Å². The lowest BCUT2D eigenvalue weighted by molar-refractivity contribution is 0.0652. The summed E-state index contributed by atoms with van der Waals surface area (Å²) in [6, 6.07) is 14.3. The summed E-state index contributed by atoms with van der Waals surface area (Å²) in [6.45, 7) is 2.30. The van der Waals surface area contributed by atoms with Gasteiger partial charge in [-0.15, -0.1) is 0 Å². The Hall–Kier alpha value is -2.43. The molecule has 1 amide bonds. The number of rotatable bonds is 6. The van der Waals surface area contributed by atoms with Crippen LogP contribution < -0.4 is 0 Å². The van der Waals surface area contributed by atoms with Crippen molar-refractivity contribution in [2.75, 3.05) is 0 Å². The van der Waals surface area contributed by atoms with Crippen LogP contribution >= 0.6 is 23.2 Å². The number of hydrogen-bond donors (Lipinski definition) is 0. The summed E-state index contributed by atoms with van der Waals surface area (Å²) in [5, 5.41) is 1.02. The lowest BCUT2D eigenvalue weighted by Gasteiger charge is -2.32. The van der Waals surface area contributed by atoms with Crippen LogP contribution in [-0.2, 0) is 6.54 Å². The molecule has 0 spiro atoms. The molecule has 3 rings (SSSR count). The first-order valence-electron chi connectivity index (χ1n) is 8.90. The number of amides is 1. The molecule has 0 aliphatic heterocycles. The molecule has 6 heteroatoms. The van der Waals surface area contributed by atoms with Gasteiger partial charge in [0, 0.05) is 34.5 Å². The summed E-state index contributed by atoms with van der Waals surface area (Å²) >= 11 is 12.5. The molecule has 0 fully saturated rings. The predicted molar refractivity (Wildman–Crippen MR) is 110 cm³/mol. The van der Waals surface area contributed by atoms with Gasteiger partial charge in [-0.2, -0.15) is 0 Å². The fraction of sp³-hybridized carbons (Fsp3) is 0.182. The molecule has 0 N–H and O–H groups in total. The molecule has 0 unspecified atom stereocenters. The zero-order valence-corrected chi connectivity index (χ0v) is 16.8. The SMILES string of the molecule is CC[C@H](c1ccc(Cl)cc1Cl)N(Cc1cccnc1)C(=O)c1cccc(F)c1. The van der Waals surface area contributed by atoms with E-state index in [0.717, 1.165) is 11.1 Å². The Kier molecular flexibility index (Phi) is 6.65. The molecule has 1 atom stereocenters. The molecule has 1 heterocycles. The van der Waals surface area contributed by atoms with Crippen molar-refractivity contribution < 1.29 is 9.18 Å². The first-order valence-corrected chi connectivity index (χ1v) is 9.65. The van der Waals surface area contributed by atoms with Crippen molar-refractivity contribution in [3.05, 3.63) is 99.5 Å². The van der Waals surface area contributed by atoms with Gasteiger partial charge < -0.3 is 4.90 Å². The topological polar surface area (TPSA) is 33.2 Å². The van der Waals surface area contributed by atoms with Crippen LogP contribution in [0, 0.1) is 5.82 Å². The van der Waals surface area contributed by atoms with Gasteiger partial charge in [-0.25, -0.2) is 4.39 Å². The van der Waals surface area contributed by atoms with Crippen molar-refractivity contribution >= 4 is 29.1 Å². The smallest absolute Gasteiger partial charge is 0.254 e. The maximum absolute atomic E-state index is 13.7. The summed E-state index contributed by atoms with van der Waals surface area (Å²) in [5.74, 6) is -0.731. The maximum atomic E-state index is 13.7. The van der Waals surface area contributed by atoms with Crippen molar-refractivity contribution in [2.24, 2.45) is 0 Å². The van der Waals surface area contributed by atoms with Gasteiger partial charge in [-0.1, -0.05) is 48.3 Å². The Morgan fingerprint density at radius 1 is 1.14 bits per heavy atom. The molecule has 28 heavy (non-hydrogen) atoms. The van der Waals surface area contributed by atoms with Crippen LogP contribution in [0.15, 0.2) is 67.0 Å². The van der Waals surface area contributed by atoms with E-state index < -0.39 is 5.82 Å². The second-order valence-electron chi connectivity index (χ2n) is 6.39. The Morgan fingerprint density at radius 3 is 2.61 bits per heavy atom. The third-order valence-corrected chi connectivity index (χ3v) is 5.05. The van der Waals surface area contributed by atoms with E-state index in [1.807, 2.05) is 25.1 Å². The van der Waals surface area contributed by atoms with Gasteiger partial charge in [0.05, 0.1) is 6.04 Å². The average Bonchev–Trinajstić information content (AvgIpc) is 2.69. The van der Waals surface area contributed by atoms with Crippen molar-refractivity contribution in [2.45, 2.75) is 25.9 Å². The summed E-state index contributed by atoms with van der Waals surface area (Å²) in [7, 11) is 0. The van der Waals surface area contributed by atoms with Crippen LogP contribution in [0.5, 0.6) is 0 Å². The van der Waals surface area contributed by atoms with Crippen LogP contribution in [0.25, 0.3) is 0 Å². The zero-order valence-electron chi connectivity index (χ0n) is 15.3. The molecule has 0 radical (unpaired) electrons. The van der Waals surface area contributed by atoms with E-state index in [1.54, 1.807) is 35.5 Å². The quantitative estimate of drug-likeness (QED) is 0.470. The number of halogens is 3. The van der Waals surface area contributed by atoms with Gasteiger partial charge in [0.25, 0.3) is 5.91 Å². The first-order chi connectivity index (χ1) is 13.5. The number of nitrogens with zero attached hydrogens (tertiary/aromatic N) is 2. The first kappa shape index (κ1) is 20.3. The van der Waals surface area contributed by atoms with Gasteiger partial charge in [-0.3, -0.25) is 9.78 Å². The number of pyridine rings is 1. The van der Waals surface area contributed by atoms with E-state index in [-0.39, 0.29) is 17.5 Å². The average molecular weight is 417 g/mol. The van der Waals surface area contributed by atoms with Crippen molar-refractivity contribution in [1.29, 1.82) is 0 Å². The minimum absolute atomic E-state index is 0.277. The molecule has 2 aromatic carbocycles. The maximum Gasteiger partial charge on any atom is 0.254 e. The Balaban J connectivity index is 2.04. The van der Waals surface area contributed by atoms with Crippen molar-refractivity contribution in [3.63, 3.8) is 0 Å². The highest BCUT2D eigenvalue weighted by atomic mass is 35.5. The van der Waals surface area contributed by atoms with Gasteiger partial charge in [0.15, 0.2) is 0 Å². The minimum Gasteiger partial charge on any atom is -0.327 e. The summed E-state index contributed by atoms with van der Waals surface area (Å²) in [4.78, 5) is 19.1. The molecule has 144 valence electrons. The zero-order chi connectivity index (χ0) is 20.1. The molecule has 1 aromatic heterocycles. The highest BCUT2D eigenvalue weighted by molar-refractivity contribution is 6.35. The van der Waals surface area contributed by atoms with Crippen molar-refractivity contribution in [3.8, 4) is 0 Å². The monoisotopic (exact) mass is 416 g/mol. The second kappa shape index (κ2) is 9.18. The third kappa shape index (κ3) is 4.70. The Bertz CT molecular complexity index is 966. The molecular weight excluding hydrogens is 398 g/mol. The summed E-state index contributed by atoms with van der Waals surface area (Å²) < 4.78 is 13.7. The minimum atomic E-state index is -0.454. The van der Waals surface area contributed by atoms with E-state index in [2.05, 4.69) is 4.98 Å². The summed E-state index contributed by atoms with van der Waals surface area (Å²) in [5.41, 5.74) is 1.95. The Labute approximate surface area is 173 Å². The van der Waals surface area contributed by atoms with Crippen LogP contribution in [-0.4, -0.2) is 15.8 Å². The lowest BCUT2D eigenvalue weighted by Crippen LogP contribution is -2.34. The Morgan fingerprint density at radius 2 is 1.96 bits per heavy atom. The highest BCUT2D eigenvalue weighted by Crippen LogP contribution is 2.34. The van der Waals surface area contributed by atoms with Crippen LogP contribution in [0.2, 0.25) is 10.0 Å². The normalized spacial score (nSPS) is 11.9.